The van der Waals surface area contributed by atoms with Crippen LogP contribution in [0.4, 0.5) is 24.0 Å². The van der Waals surface area contributed by atoms with Gasteiger partial charge in [0.15, 0.2) is 11.6 Å². The summed E-state index contributed by atoms with van der Waals surface area (Å²) in [6.07, 6.45) is 0.555. The Bertz CT molecular complexity index is 2270. The summed E-state index contributed by atoms with van der Waals surface area (Å²) in [5, 5.41) is 21.4. The number of aromatic nitrogens is 2. The van der Waals surface area contributed by atoms with Crippen molar-refractivity contribution in [2.24, 2.45) is 17.6 Å². The smallest absolute Gasteiger partial charge is 0.319 e. The van der Waals surface area contributed by atoms with Gasteiger partial charge in [-0.05, 0) is 56.2 Å². The normalized spacial score (nSPS) is 24.8. The molecule has 4 aliphatic heterocycles. The number of halogens is 4. The van der Waals surface area contributed by atoms with Gasteiger partial charge in [-0.2, -0.15) is 15.2 Å². The van der Waals surface area contributed by atoms with Crippen LogP contribution >= 0.6 is 22.9 Å². The molecule has 1 amide bonds. The summed E-state index contributed by atoms with van der Waals surface area (Å²) in [7, 11) is 0. The number of carbonyl (C=O) groups is 1. The summed E-state index contributed by atoms with van der Waals surface area (Å²) >= 11 is 8.00. The number of thiophene rings is 1. The van der Waals surface area contributed by atoms with E-state index < -0.39 is 41.5 Å². The molecule has 4 aromatic rings. The first-order valence-corrected chi connectivity index (χ1v) is 20.2. The molecular weight excluding hydrogens is 769 g/mol. The van der Waals surface area contributed by atoms with Crippen molar-refractivity contribution >= 4 is 60.7 Å². The first-order chi connectivity index (χ1) is 26.7. The Balaban J connectivity index is 1.29. The molecule has 3 fully saturated rings. The fourth-order valence-corrected chi connectivity index (χ4v) is 10.3. The molecule has 0 aliphatic carbocycles. The maximum absolute atomic E-state index is 17.5. The number of ether oxygens (including phenoxy) is 2. The Morgan fingerprint density at radius 1 is 1.23 bits per heavy atom. The van der Waals surface area contributed by atoms with E-state index in [0.29, 0.717) is 39.0 Å². The minimum absolute atomic E-state index is 0.0175. The number of rotatable bonds is 9. The quantitative estimate of drug-likeness (QED) is 0.192. The highest BCUT2D eigenvalue weighted by atomic mass is 35.5. The highest BCUT2D eigenvalue weighted by molar-refractivity contribution is 7.23. The summed E-state index contributed by atoms with van der Waals surface area (Å²) in [6.45, 7) is 7.64. The predicted molar refractivity (Wildman–Crippen MR) is 209 cm³/mol. The largest absolute Gasteiger partial charge is 0.489 e. The number of nitrogen functional groups attached to an aromatic ring is 1. The lowest BCUT2D eigenvalue weighted by Gasteiger charge is -2.35. The number of alkyl halides is 1. The van der Waals surface area contributed by atoms with Crippen molar-refractivity contribution in [3.8, 4) is 29.0 Å². The number of carbonyl (C=O) groups excluding carboxylic acids is 1. The number of amides is 1. The molecular formula is C39H44ClF3N8O4S. The maximum atomic E-state index is 17.5. The number of fused-ring (bicyclic) bond motifs is 2. The maximum Gasteiger partial charge on any atom is 0.319 e. The monoisotopic (exact) mass is 812 g/mol. The lowest BCUT2D eigenvalue weighted by molar-refractivity contribution is -0.132. The Hall–Kier alpha value is -4.14. The van der Waals surface area contributed by atoms with Gasteiger partial charge in [-0.1, -0.05) is 31.5 Å². The zero-order valence-electron chi connectivity index (χ0n) is 31.3. The number of nitrogens with two attached hydrogens (primary N) is 2. The highest BCUT2D eigenvalue weighted by Gasteiger charge is 2.49. The second kappa shape index (κ2) is 14.7. The number of nitriles is 1. The van der Waals surface area contributed by atoms with Gasteiger partial charge in [-0.25, -0.2) is 13.2 Å². The van der Waals surface area contributed by atoms with Gasteiger partial charge in [0.2, 0.25) is 5.91 Å². The van der Waals surface area contributed by atoms with Crippen LogP contribution in [-0.4, -0.2) is 107 Å². The van der Waals surface area contributed by atoms with E-state index in [9.17, 15) is 19.6 Å². The predicted octanol–water partition coefficient (Wildman–Crippen LogP) is 5.63. The summed E-state index contributed by atoms with van der Waals surface area (Å²) in [6, 6.07) is 3.00. The van der Waals surface area contributed by atoms with Gasteiger partial charge in [-0.3, -0.25) is 9.69 Å². The molecule has 3 saturated heterocycles. The lowest BCUT2D eigenvalue weighted by Crippen LogP contribution is -2.49. The number of hydrogen-bond donors (Lipinski definition) is 3. The molecule has 3 unspecified atom stereocenters. The van der Waals surface area contributed by atoms with Crippen molar-refractivity contribution in [1.82, 2.24) is 19.8 Å². The molecule has 5 N–H and O–H groups in total. The highest BCUT2D eigenvalue weighted by Crippen LogP contribution is 2.51. The molecule has 56 heavy (non-hydrogen) atoms. The van der Waals surface area contributed by atoms with Crippen LogP contribution in [0.15, 0.2) is 12.1 Å². The van der Waals surface area contributed by atoms with Gasteiger partial charge in [0, 0.05) is 43.5 Å². The number of aliphatic hydroxyl groups is 1. The van der Waals surface area contributed by atoms with E-state index in [2.05, 4.69) is 9.88 Å². The van der Waals surface area contributed by atoms with E-state index >= 15 is 8.78 Å². The Morgan fingerprint density at radius 3 is 2.75 bits per heavy atom. The van der Waals surface area contributed by atoms with Crippen LogP contribution in [0.3, 0.4) is 0 Å². The van der Waals surface area contributed by atoms with E-state index in [1.807, 2.05) is 24.8 Å². The molecule has 6 heterocycles. The number of benzene rings is 2. The van der Waals surface area contributed by atoms with Gasteiger partial charge < -0.3 is 35.8 Å². The zero-order chi connectivity index (χ0) is 39.8. The number of likely N-dealkylation sites (tertiary alicyclic amines) is 1. The molecule has 0 saturated carbocycles. The summed E-state index contributed by atoms with van der Waals surface area (Å²) in [5.74, 6) is -1.54. The molecule has 0 spiro atoms. The molecule has 17 heteroatoms. The molecule has 2 aromatic heterocycles. The first kappa shape index (κ1) is 38.7. The van der Waals surface area contributed by atoms with Crippen LogP contribution in [0, 0.1) is 34.8 Å². The summed E-state index contributed by atoms with van der Waals surface area (Å²) in [5.41, 5.74) is 11.5. The summed E-state index contributed by atoms with van der Waals surface area (Å²) < 4.78 is 60.2. The van der Waals surface area contributed by atoms with E-state index in [0.717, 1.165) is 36.8 Å². The van der Waals surface area contributed by atoms with Gasteiger partial charge in [0.1, 0.15) is 47.6 Å². The third-order valence-electron chi connectivity index (χ3n) is 12.1. The summed E-state index contributed by atoms with van der Waals surface area (Å²) in [4.78, 5) is 28.4. The second-order valence-corrected chi connectivity index (χ2v) is 17.4. The second-order valence-electron chi connectivity index (χ2n) is 16.0. The fourth-order valence-electron chi connectivity index (χ4n) is 9.03. The lowest BCUT2D eigenvalue weighted by atomic mass is 9.95. The Morgan fingerprint density at radius 2 is 2.02 bits per heavy atom. The van der Waals surface area contributed by atoms with Crippen molar-refractivity contribution in [2.45, 2.75) is 76.4 Å². The van der Waals surface area contributed by atoms with Gasteiger partial charge in [-0.15, -0.1) is 11.3 Å². The van der Waals surface area contributed by atoms with Crippen molar-refractivity contribution < 1.29 is 32.5 Å². The number of anilines is 2. The fraction of sp³-hybridized carbons (Fsp3) is 0.538. The molecule has 0 radical (unpaired) electrons. The van der Waals surface area contributed by atoms with Gasteiger partial charge >= 0.3 is 6.01 Å². The molecule has 4 aliphatic rings. The minimum Gasteiger partial charge on any atom is -0.489 e. The molecule has 6 atom stereocenters. The van der Waals surface area contributed by atoms with Gasteiger partial charge in [0.05, 0.1) is 44.4 Å². The van der Waals surface area contributed by atoms with E-state index in [1.54, 1.807) is 11.8 Å². The van der Waals surface area contributed by atoms with E-state index in [-0.39, 0.29) is 96.2 Å². The topological polar surface area (TPSA) is 167 Å². The molecule has 8 rings (SSSR count). The van der Waals surface area contributed by atoms with Crippen molar-refractivity contribution in [2.75, 3.05) is 56.6 Å². The molecule has 298 valence electrons. The average molecular weight is 813 g/mol. The zero-order valence-corrected chi connectivity index (χ0v) is 32.9. The minimum atomic E-state index is -1.00. The van der Waals surface area contributed by atoms with Crippen LogP contribution in [0.2, 0.25) is 5.02 Å². The first-order valence-electron chi connectivity index (χ1n) is 19.0. The molecule has 0 bridgehead atoms. The number of nitrogens with zero attached hydrogens (tertiary/aromatic N) is 6. The van der Waals surface area contributed by atoms with Crippen molar-refractivity contribution in [1.29, 1.82) is 5.26 Å². The van der Waals surface area contributed by atoms with Crippen molar-refractivity contribution in [3.63, 3.8) is 0 Å². The van der Waals surface area contributed by atoms with E-state index in [1.165, 1.54) is 6.07 Å². The third-order valence-corrected chi connectivity index (χ3v) is 13.4. The number of hydrogen-bond acceptors (Lipinski definition) is 12. The molecule has 2 aromatic carbocycles. The van der Waals surface area contributed by atoms with Crippen LogP contribution in [-0.2, 0) is 4.79 Å². The van der Waals surface area contributed by atoms with Crippen LogP contribution in [0.5, 0.6) is 11.8 Å². The Kier molecular flexibility index (Phi) is 10.1. The van der Waals surface area contributed by atoms with Crippen LogP contribution in [0.25, 0.3) is 32.1 Å². The Labute approximate surface area is 331 Å². The standard InChI is InChI=1S/C39H44ClF3N8O4S/c1-18(2)31(45)37(53)49-10-7-20(13-49)14-51-25(19(3)52)16-54-33-28-32(47-38(48-36(28)51)55-17-39-8-4-9-50(39)15-21(41)11-39)30(43)27(29(33)40)22-5-6-24(42)34-26(22)23(12-44)35(46)56-34/h5-6,18-21,25,31,52H,4,7-11,13-17,45-46H2,1-3H3/t19?,20?,21-,25?,31+,39+/m1/s1. The van der Waals surface area contributed by atoms with E-state index in [4.69, 9.17) is 37.5 Å². The van der Waals surface area contributed by atoms with Crippen molar-refractivity contribution in [3.05, 3.63) is 34.4 Å². The van der Waals surface area contributed by atoms with Gasteiger partial charge in [0.25, 0.3) is 0 Å². The molecule has 12 nitrogen and oxygen atoms in total. The van der Waals surface area contributed by atoms with Crippen LogP contribution < -0.4 is 25.8 Å². The average Bonchev–Trinajstić information content (AvgIpc) is 3.91. The van der Waals surface area contributed by atoms with Crippen LogP contribution in [0.1, 0.15) is 52.0 Å². The third kappa shape index (κ3) is 6.35. The SMILES string of the molecule is CC(O)C1COc2c(Cl)c(-c3ccc(F)c4sc(N)c(C#N)c34)c(F)c3nc(OC[C@@]45CCCN4C[C@H](F)C5)nc(c23)N1CC1CCN(C(=O)[C@@H](N)C(C)C)C1. The number of aliphatic hydroxyl groups excluding tert-OH is 1.